The van der Waals surface area contributed by atoms with E-state index in [-0.39, 0.29) is 5.91 Å². The van der Waals surface area contributed by atoms with E-state index in [2.05, 4.69) is 23.4 Å². The Hall–Kier alpha value is -2.39. The van der Waals surface area contributed by atoms with Gasteiger partial charge in [0.2, 0.25) is 5.91 Å². The zero-order chi connectivity index (χ0) is 18.0. The van der Waals surface area contributed by atoms with Crippen LogP contribution in [0.1, 0.15) is 47.5 Å². The number of carbonyl (C=O) groups is 1. The number of anilines is 1. The molecule has 5 nitrogen and oxygen atoms in total. The maximum Gasteiger partial charge on any atom is 0.249 e. The Labute approximate surface area is 152 Å². The highest BCUT2D eigenvalue weighted by Gasteiger charge is 2.24. The number of nitrogens with one attached hydrogen (secondary N) is 1. The number of carbonyl (C=O) groups excluding carboxylic acids is 1. The summed E-state index contributed by atoms with van der Waals surface area (Å²) in [5.41, 5.74) is 3.73. The number of hydrogen-bond acceptors (Lipinski definition) is 4. The first-order valence-corrected chi connectivity index (χ1v) is 9.41. The van der Waals surface area contributed by atoms with E-state index < -0.39 is 0 Å². The van der Waals surface area contributed by atoms with Crippen molar-refractivity contribution < 1.29 is 4.79 Å². The largest absolute Gasteiger partial charge is 0.313 e. The first kappa shape index (κ1) is 17.4. The van der Waals surface area contributed by atoms with Gasteiger partial charge >= 0.3 is 0 Å². The van der Waals surface area contributed by atoms with Crippen molar-refractivity contribution in [1.82, 2.24) is 9.78 Å². The maximum atomic E-state index is 12.3. The van der Waals surface area contributed by atoms with Gasteiger partial charge in [0.1, 0.15) is 11.1 Å². The molecule has 0 saturated carbocycles. The highest BCUT2D eigenvalue weighted by atomic mass is 32.1. The zero-order valence-corrected chi connectivity index (χ0v) is 15.6. The van der Waals surface area contributed by atoms with Crippen molar-refractivity contribution in [3.63, 3.8) is 0 Å². The van der Waals surface area contributed by atoms with Gasteiger partial charge in [-0.2, -0.15) is 10.4 Å². The predicted molar refractivity (Wildman–Crippen MR) is 101 cm³/mol. The van der Waals surface area contributed by atoms with Crippen LogP contribution in [0.25, 0.3) is 6.08 Å². The van der Waals surface area contributed by atoms with Crippen LogP contribution in [-0.4, -0.2) is 15.7 Å². The molecule has 0 radical (unpaired) electrons. The van der Waals surface area contributed by atoms with Gasteiger partial charge in [0.15, 0.2) is 0 Å². The highest BCUT2D eigenvalue weighted by Crippen LogP contribution is 2.39. The van der Waals surface area contributed by atoms with Crippen molar-refractivity contribution in [2.45, 2.75) is 46.6 Å². The highest BCUT2D eigenvalue weighted by molar-refractivity contribution is 7.16. The first-order valence-electron chi connectivity index (χ1n) is 8.59. The van der Waals surface area contributed by atoms with Crippen molar-refractivity contribution in [2.75, 3.05) is 5.32 Å². The van der Waals surface area contributed by atoms with Gasteiger partial charge in [-0.1, -0.05) is 6.92 Å². The summed E-state index contributed by atoms with van der Waals surface area (Å²) >= 11 is 1.55. The Kier molecular flexibility index (Phi) is 5.05. The van der Waals surface area contributed by atoms with Crippen LogP contribution in [0.5, 0.6) is 0 Å². The Balaban J connectivity index is 1.76. The summed E-state index contributed by atoms with van der Waals surface area (Å²) < 4.78 is 1.89. The Bertz CT molecular complexity index is 869. The van der Waals surface area contributed by atoms with Crippen LogP contribution in [0.2, 0.25) is 0 Å². The predicted octanol–water partition coefficient (Wildman–Crippen LogP) is 3.92. The average Bonchev–Trinajstić information content (AvgIpc) is 3.11. The molecule has 0 unspecified atom stereocenters. The van der Waals surface area contributed by atoms with E-state index in [1.165, 1.54) is 11.0 Å². The Morgan fingerprint density at radius 2 is 2.40 bits per heavy atom. The molecule has 0 spiro atoms. The number of thiophene rings is 1. The number of aromatic nitrogens is 2. The topological polar surface area (TPSA) is 70.7 Å². The zero-order valence-electron chi connectivity index (χ0n) is 14.8. The van der Waals surface area contributed by atoms with Crippen LogP contribution >= 0.6 is 11.3 Å². The summed E-state index contributed by atoms with van der Waals surface area (Å²) in [6, 6.07) is 2.28. The molecule has 0 bridgehead atoms. The molecular formula is C19H22N4OS. The van der Waals surface area contributed by atoms with Gasteiger partial charge < -0.3 is 5.32 Å². The van der Waals surface area contributed by atoms with Gasteiger partial charge in [-0.25, -0.2) is 0 Å². The summed E-state index contributed by atoms with van der Waals surface area (Å²) in [4.78, 5) is 13.5. The number of nitrogens with zero attached hydrogens (tertiary/aromatic N) is 3. The molecule has 0 saturated heterocycles. The molecule has 1 aliphatic carbocycles. The number of amides is 1. The first-order chi connectivity index (χ1) is 12.0. The number of fused-ring (bicyclic) bond motifs is 1. The van der Waals surface area contributed by atoms with Crippen LogP contribution in [0, 0.1) is 24.2 Å². The Morgan fingerprint density at radius 1 is 1.60 bits per heavy atom. The van der Waals surface area contributed by atoms with Gasteiger partial charge in [-0.15, -0.1) is 11.3 Å². The lowest BCUT2D eigenvalue weighted by Gasteiger charge is -2.17. The van der Waals surface area contributed by atoms with Crippen LogP contribution in [0.4, 0.5) is 5.00 Å². The van der Waals surface area contributed by atoms with E-state index in [0.717, 1.165) is 42.6 Å². The van der Waals surface area contributed by atoms with E-state index >= 15 is 0 Å². The lowest BCUT2D eigenvalue weighted by atomic mass is 9.89. The fourth-order valence-electron chi connectivity index (χ4n) is 3.22. The fraction of sp³-hybridized carbons (Fsp3) is 0.421. The van der Waals surface area contributed by atoms with E-state index in [1.54, 1.807) is 23.6 Å². The van der Waals surface area contributed by atoms with Gasteiger partial charge in [0.05, 0.1) is 11.8 Å². The molecule has 6 heteroatoms. The second-order valence-electron chi connectivity index (χ2n) is 6.49. The minimum Gasteiger partial charge on any atom is -0.313 e. The maximum absolute atomic E-state index is 12.3. The summed E-state index contributed by atoms with van der Waals surface area (Å²) in [7, 11) is 0. The van der Waals surface area contributed by atoms with Crippen molar-refractivity contribution >= 4 is 28.3 Å². The van der Waals surface area contributed by atoms with Crippen LogP contribution in [-0.2, 0) is 24.2 Å². The van der Waals surface area contributed by atoms with E-state index in [4.69, 9.17) is 0 Å². The number of aryl methyl sites for hydroxylation is 1. The van der Waals surface area contributed by atoms with Crippen molar-refractivity contribution in [1.29, 1.82) is 5.26 Å². The van der Waals surface area contributed by atoms with Crippen LogP contribution < -0.4 is 5.32 Å². The van der Waals surface area contributed by atoms with Crippen molar-refractivity contribution in [3.8, 4) is 6.07 Å². The lowest BCUT2D eigenvalue weighted by Crippen LogP contribution is -2.10. The molecule has 1 aliphatic rings. The fourth-order valence-corrected chi connectivity index (χ4v) is 4.58. The summed E-state index contributed by atoms with van der Waals surface area (Å²) in [5.74, 6) is 0.422. The van der Waals surface area contributed by atoms with Crippen molar-refractivity contribution in [2.24, 2.45) is 5.92 Å². The Morgan fingerprint density at radius 3 is 3.08 bits per heavy atom. The summed E-state index contributed by atoms with van der Waals surface area (Å²) in [6.45, 7) is 7.05. The molecule has 0 aromatic carbocycles. The molecule has 2 aromatic rings. The molecule has 130 valence electrons. The lowest BCUT2D eigenvalue weighted by molar-refractivity contribution is -0.111. The van der Waals surface area contributed by atoms with E-state index in [0.29, 0.717) is 16.5 Å². The van der Waals surface area contributed by atoms with Gasteiger partial charge in [-0.05, 0) is 50.7 Å². The molecule has 0 fully saturated rings. The molecule has 2 aromatic heterocycles. The smallest absolute Gasteiger partial charge is 0.249 e. The van der Waals surface area contributed by atoms with Gasteiger partial charge in [0, 0.05) is 28.8 Å². The third-order valence-electron chi connectivity index (χ3n) is 4.72. The molecule has 0 aliphatic heterocycles. The summed E-state index contributed by atoms with van der Waals surface area (Å²) in [5, 5.41) is 17.3. The molecular weight excluding hydrogens is 332 g/mol. The second kappa shape index (κ2) is 7.24. The summed E-state index contributed by atoms with van der Waals surface area (Å²) in [6.07, 6.45) is 8.06. The standard InChI is InChI=1S/C19H22N4OS/c1-4-23-13(3)14(11-21-23)6-8-18(24)22-19-16(10-20)15-7-5-12(2)9-17(15)25-19/h6,8,11-12H,4-5,7,9H2,1-3H3,(H,22,24)/b8-6-/t12-/m0/s1. The van der Waals surface area contributed by atoms with Crippen LogP contribution in [0.15, 0.2) is 12.3 Å². The molecule has 1 N–H and O–H groups in total. The van der Waals surface area contributed by atoms with Crippen LogP contribution in [0.3, 0.4) is 0 Å². The van der Waals surface area contributed by atoms with Crippen molar-refractivity contribution in [3.05, 3.63) is 39.5 Å². The third kappa shape index (κ3) is 3.52. The monoisotopic (exact) mass is 354 g/mol. The molecule has 3 rings (SSSR count). The normalized spacial score (nSPS) is 16.6. The average molecular weight is 354 g/mol. The number of hydrogen-bond donors (Lipinski definition) is 1. The SMILES string of the molecule is CCn1ncc(/C=C\C(=O)Nc2sc3c(c2C#N)CC[C@H](C)C3)c1C. The molecule has 25 heavy (non-hydrogen) atoms. The molecule has 1 atom stereocenters. The molecule has 2 heterocycles. The minimum absolute atomic E-state index is 0.216. The third-order valence-corrected chi connectivity index (χ3v) is 5.88. The van der Waals surface area contributed by atoms with Gasteiger partial charge in [0.25, 0.3) is 0 Å². The van der Waals surface area contributed by atoms with Gasteiger partial charge in [-0.3, -0.25) is 9.48 Å². The minimum atomic E-state index is -0.216. The number of rotatable bonds is 4. The molecule has 1 amide bonds. The second-order valence-corrected chi connectivity index (χ2v) is 7.60. The quantitative estimate of drug-likeness (QED) is 0.846. The van der Waals surface area contributed by atoms with E-state index in [1.807, 2.05) is 18.5 Å². The number of nitriles is 1. The van der Waals surface area contributed by atoms with E-state index in [9.17, 15) is 10.1 Å².